The first kappa shape index (κ1) is 17.5. The van der Waals surface area contributed by atoms with Gasteiger partial charge in [0.2, 0.25) is 0 Å². The molecule has 0 spiro atoms. The standard InChI is InChI=1S/C17H22F4N2O/c18-16(19)17(20,21)24-14-7-2-1-6-13(14)15(12-4-3-5-12)23-10-8-22-9-11-23/h1-2,6-7,12,15-16,22H,3-5,8-11H2/t15-/m1/s1. The van der Waals surface area contributed by atoms with Crippen molar-refractivity contribution >= 4 is 0 Å². The van der Waals surface area contributed by atoms with Gasteiger partial charge >= 0.3 is 12.5 Å². The minimum absolute atomic E-state index is 0.0643. The van der Waals surface area contributed by atoms with Gasteiger partial charge in [-0.05, 0) is 24.8 Å². The third kappa shape index (κ3) is 3.67. The third-order valence-corrected chi connectivity index (χ3v) is 4.88. The Morgan fingerprint density at radius 2 is 1.79 bits per heavy atom. The van der Waals surface area contributed by atoms with E-state index in [-0.39, 0.29) is 11.8 Å². The van der Waals surface area contributed by atoms with Crippen LogP contribution in [0.2, 0.25) is 0 Å². The summed E-state index contributed by atoms with van der Waals surface area (Å²) in [6, 6.07) is 6.30. The van der Waals surface area contributed by atoms with E-state index in [0.717, 1.165) is 45.4 Å². The van der Waals surface area contributed by atoms with Gasteiger partial charge in [0.15, 0.2) is 0 Å². The molecule has 134 valence electrons. The lowest BCUT2D eigenvalue weighted by Crippen LogP contribution is -2.48. The highest BCUT2D eigenvalue weighted by Gasteiger charge is 2.45. The fourth-order valence-corrected chi connectivity index (χ4v) is 3.47. The van der Waals surface area contributed by atoms with Crippen molar-refractivity contribution in [2.45, 2.75) is 37.8 Å². The SMILES string of the molecule is FC(F)C(F)(F)Oc1ccccc1[C@@H](C1CCC1)N1CCNCC1. The second kappa shape index (κ2) is 7.27. The van der Waals surface area contributed by atoms with E-state index in [1.807, 2.05) is 0 Å². The smallest absolute Gasteiger partial charge is 0.428 e. The molecule has 1 aromatic rings. The van der Waals surface area contributed by atoms with Gasteiger partial charge in [0.25, 0.3) is 0 Å². The minimum atomic E-state index is -4.48. The molecule has 1 saturated carbocycles. The number of nitrogens with zero attached hydrogens (tertiary/aromatic N) is 1. The van der Waals surface area contributed by atoms with E-state index in [9.17, 15) is 17.6 Å². The number of nitrogens with one attached hydrogen (secondary N) is 1. The monoisotopic (exact) mass is 346 g/mol. The van der Waals surface area contributed by atoms with Crippen LogP contribution in [0.15, 0.2) is 24.3 Å². The zero-order valence-electron chi connectivity index (χ0n) is 13.4. The molecule has 0 unspecified atom stereocenters. The fourth-order valence-electron chi connectivity index (χ4n) is 3.47. The Labute approximate surface area is 139 Å². The Morgan fingerprint density at radius 3 is 2.38 bits per heavy atom. The maximum atomic E-state index is 13.4. The van der Waals surface area contributed by atoms with Crippen LogP contribution in [-0.4, -0.2) is 43.6 Å². The lowest BCUT2D eigenvalue weighted by atomic mass is 9.76. The molecule has 0 amide bonds. The number of halogens is 4. The largest absolute Gasteiger partial charge is 0.461 e. The summed E-state index contributed by atoms with van der Waals surface area (Å²) < 4.78 is 56.4. The van der Waals surface area contributed by atoms with E-state index < -0.39 is 12.5 Å². The fraction of sp³-hybridized carbons (Fsp3) is 0.647. The first-order chi connectivity index (χ1) is 11.5. The molecule has 1 N–H and O–H groups in total. The summed E-state index contributed by atoms with van der Waals surface area (Å²) in [6.45, 7) is 3.28. The summed E-state index contributed by atoms with van der Waals surface area (Å²) in [7, 11) is 0. The number of para-hydroxylation sites is 1. The van der Waals surface area contributed by atoms with Crippen LogP contribution in [0.25, 0.3) is 0 Å². The van der Waals surface area contributed by atoms with Gasteiger partial charge in [-0.3, -0.25) is 4.90 Å². The molecule has 1 aromatic carbocycles. The van der Waals surface area contributed by atoms with Gasteiger partial charge in [0.05, 0.1) is 0 Å². The summed E-state index contributed by atoms with van der Waals surface area (Å²) in [6.07, 6.45) is -5.18. The number of piperazine rings is 1. The van der Waals surface area contributed by atoms with Crippen LogP contribution in [0.3, 0.4) is 0 Å². The first-order valence-corrected chi connectivity index (χ1v) is 8.37. The van der Waals surface area contributed by atoms with E-state index in [4.69, 9.17) is 0 Å². The highest BCUT2D eigenvalue weighted by atomic mass is 19.3. The second-order valence-electron chi connectivity index (χ2n) is 6.42. The zero-order valence-corrected chi connectivity index (χ0v) is 13.4. The van der Waals surface area contributed by atoms with Gasteiger partial charge < -0.3 is 10.1 Å². The van der Waals surface area contributed by atoms with E-state index >= 15 is 0 Å². The summed E-state index contributed by atoms with van der Waals surface area (Å²) in [5.74, 6) is 0.214. The van der Waals surface area contributed by atoms with E-state index in [1.165, 1.54) is 12.1 Å². The topological polar surface area (TPSA) is 24.5 Å². The highest BCUT2D eigenvalue weighted by Crippen LogP contribution is 2.45. The van der Waals surface area contributed by atoms with Crippen LogP contribution >= 0.6 is 0 Å². The summed E-state index contributed by atoms with van der Waals surface area (Å²) in [5.41, 5.74) is 0.587. The quantitative estimate of drug-likeness (QED) is 0.796. The van der Waals surface area contributed by atoms with E-state index in [0.29, 0.717) is 11.5 Å². The Kier molecular flexibility index (Phi) is 5.30. The summed E-state index contributed by atoms with van der Waals surface area (Å²) >= 11 is 0. The van der Waals surface area contributed by atoms with Gasteiger partial charge in [-0.2, -0.15) is 17.6 Å². The molecule has 24 heavy (non-hydrogen) atoms. The molecule has 0 bridgehead atoms. The van der Waals surface area contributed by atoms with E-state index in [2.05, 4.69) is 15.0 Å². The molecule has 7 heteroatoms. The molecular weight excluding hydrogens is 324 g/mol. The Bertz CT molecular complexity index is 545. The number of benzene rings is 1. The van der Waals surface area contributed by atoms with Crippen LogP contribution in [0, 0.1) is 5.92 Å². The molecule has 1 saturated heterocycles. The average molecular weight is 346 g/mol. The van der Waals surface area contributed by atoms with Gasteiger partial charge in [-0.15, -0.1) is 0 Å². The number of hydrogen-bond donors (Lipinski definition) is 1. The molecule has 1 aliphatic heterocycles. The lowest BCUT2D eigenvalue weighted by Gasteiger charge is -2.43. The van der Waals surface area contributed by atoms with Crippen molar-refractivity contribution in [2.24, 2.45) is 5.92 Å². The Hall–Kier alpha value is -1.34. The van der Waals surface area contributed by atoms with Crippen molar-refractivity contribution in [3.63, 3.8) is 0 Å². The third-order valence-electron chi connectivity index (χ3n) is 4.88. The predicted molar refractivity (Wildman–Crippen MR) is 82.5 cm³/mol. The molecular formula is C17H22F4N2O. The van der Waals surface area contributed by atoms with Crippen LogP contribution in [0.1, 0.15) is 30.9 Å². The maximum Gasteiger partial charge on any atom is 0.461 e. The molecule has 2 fully saturated rings. The van der Waals surface area contributed by atoms with Gasteiger partial charge in [0, 0.05) is 37.8 Å². The number of rotatable bonds is 6. The van der Waals surface area contributed by atoms with E-state index in [1.54, 1.807) is 12.1 Å². The van der Waals surface area contributed by atoms with Gasteiger partial charge in [0.1, 0.15) is 5.75 Å². The number of ether oxygens (including phenoxy) is 1. The minimum Gasteiger partial charge on any atom is -0.428 e. The molecule has 0 aromatic heterocycles. The average Bonchev–Trinajstić information content (AvgIpc) is 2.52. The Morgan fingerprint density at radius 1 is 1.12 bits per heavy atom. The van der Waals surface area contributed by atoms with Gasteiger partial charge in [-0.25, -0.2) is 0 Å². The van der Waals surface area contributed by atoms with Crippen LogP contribution < -0.4 is 10.1 Å². The zero-order chi connectivity index (χ0) is 17.2. The summed E-state index contributed by atoms with van der Waals surface area (Å²) in [5, 5.41) is 3.27. The summed E-state index contributed by atoms with van der Waals surface area (Å²) in [4.78, 5) is 2.25. The van der Waals surface area contributed by atoms with Crippen molar-refractivity contribution < 1.29 is 22.3 Å². The maximum absolute atomic E-state index is 13.4. The van der Waals surface area contributed by atoms with Crippen LogP contribution in [-0.2, 0) is 0 Å². The Balaban J connectivity index is 1.89. The first-order valence-electron chi connectivity index (χ1n) is 8.37. The number of alkyl halides is 4. The number of hydrogen-bond acceptors (Lipinski definition) is 3. The van der Waals surface area contributed by atoms with Gasteiger partial charge in [-0.1, -0.05) is 24.6 Å². The second-order valence-corrected chi connectivity index (χ2v) is 6.42. The van der Waals surface area contributed by atoms with Crippen molar-refractivity contribution in [3.8, 4) is 5.75 Å². The van der Waals surface area contributed by atoms with Crippen molar-refractivity contribution in [1.29, 1.82) is 0 Å². The van der Waals surface area contributed by atoms with Crippen molar-refractivity contribution in [1.82, 2.24) is 10.2 Å². The normalized spacial score (nSPS) is 21.5. The molecule has 1 aliphatic carbocycles. The molecule has 3 rings (SSSR count). The molecule has 1 heterocycles. The highest BCUT2D eigenvalue weighted by molar-refractivity contribution is 5.37. The lowest BCUT2D eigenvalue weighted by molar-refractivity contribution is -0.253. The van der Waals surface area contributed by atoms with Crippen molar-refractivity contribution in [2.75, 3.05) is 26.2 Å². The van der Waals surface area contributed by atoms with Crippen LogP contribution in [0.5, 0.6) is 5.75 Å². The molecule has 3 nitrogen and oxygen atoms in total. The molecule has 2 aliphatic rings. The molecule has 1 atom stereocenters. The molecule has 0 radical (unpaired) electrons. The van der Waals surface area contributed by atoms with Crippen LogP contribution in [0.4, 0.5) is 17.6 Å². The predicted octanol–water partition coefficient (Wildman–Crippen LogP) is 3.67. The van der Waals surface area contributed by atoms with Crippen molar-refractivity contribution in [3.05, 3.63) is 29.8 Å².